The highest BCUT2D eigenvalue weighted by atomic mass is 19.4. The van der Waals surface area contributed by atoms with Gasteiger partial charge in [0, 0.05) is 0 Å². The number of aryl methyl sites for hydroxylation is 1. The van der Waals surface area contributed by atoms with Gasteiger partial charge in [0.15, 0.2) is 0 Å². The molecule has 2 rings (SSSR count). The van der Waals surface area contributed by atoms with E-state index in [1.807, 2.05) is 29.6 Å². The van der Waals surface area contributed by atoms with Crippen molar-refractivity contribution in [3.8, 4) is 0 Å². The standard InChI is InChI=1S/C13H14F3NO/c14-13(15,16)8-17-12(18)11-7-3-5-9-4-1-2-6-10(9)11/h1-2,4,6,11H,3,5,7-8H2,(H,17,18). The van der Waals surface area contributed by atoms with Gasteiger partial charge in [-0.25, -0.2) is 0 Å². The fourth-order valence-electron chi connectivity index (χ4n) is 2.34. The summed E-state index contributed by atoms with van der Waals surface area (Å²) >= 11 is 0. The minimum absolute atomic E-state index is 0.447. The number of hydrogen-bond donors (Lipinski definition) is 1. The average molecular weight is 257 g/mol. The largest absolute Gasteiger partial charge is 0.405 e. The third kappa shape index (κ3) is 3.03. The molecule has 5 heteroatoms. The van der Waals surface area contributed by atoms with Crippen LogP contribution in [0, 0.1) is 0 Å². The summed E-state index contributed by atoms with van der Waals surface area (Å²) in [5, 5.41) is 1.97. The lowest BCUT2D eigenvalue weighted by Gasteiger charge is -2.24. The number of rotatable bonds is 2. The van der Waals surface area contributed by atoms with Crippen LogP contribution in [0.3, 0.4) is 0 Å². The fourth-order valence-corrected chi connectivity index (χ4v) is 2.34. The van der Waals surface area contributed by atoms with Crippen molar-refractivity contribution < 1.29 is 18.0 Å². The molecule has 0 radical (unpaired) electrons. The number of alkyl halides is 3. The van der Waals surface area contributed by atoms with Crippen molar-refractivity contribution >= 4 is 5.91 Å². The molecule has 98 valence electrons. The van der Waals surface area contributed by atoms with E-state index in [0.717, 1.165) is 24.0 Å². The topological polar surface area (TPSA) is 29.1 Å². The van der Waals surface area contributed by atoms with Crippen molar-refractivity contribution in [1.82, 2.24) is 5.32 Å². The van der Waals surface area contributed by atoms with Crippen LogP contribution in [0.1, 0.15) is 29.9 Å². The molecule has 1 unspecified atom stereocenters. The van der Waals surface area contributed by atoms with Crippen LogP contribution >= 0.6 is 0 Å². The van der Waals surface area contributed by atoms with Crippen molar-refractivity contribution in [2.75, 3.05) is 6.54 Å². The number of hydrogen-bond acceptors (Lipinski definition) is 1. The zero-order chi connectivity index (χ0) is 13.2. The van der Waals surface area contributed by atoms with Gasteiger partial charge in [-0.1, -0.05) is 24.3 Å². The van der Waals surface area contributed by atoms with E-state index < -0.39 is 24.5 Å². The predicted molar refractivity (Wildman–Crippen MR) is 61.2 cm³/mol. The maximum absolute atomic E-state index is 12.1. The molecule has 1 aliphatic rings. The Balaban J connectivity index is 2.08. The van der Waals surface area contributed by atoms with Gasteiger partial charge in [0.05, 0.1) is 5.92 Å². The molecule has 0 bridgehead atoms. The minimum Gasteiger partial charge on any atom is -0.346 e. The van der Waals surface area contributed by atoms with Gasteiger partial charge >= 0.3 is 6.18 Å². The third-order valence-electron chi connectivity index (χ3n) is 3.15. The van der Waals surface area contributed by atoms with Gasteiger partial charge in [-0.2, -0.15) is 13.2 Å². The Kier molecular flexibility index (Phi) is 3.59. The van der Waals surface area contributed by atoms with Gasteiger partial charge in [0.2, 0.25) is 5.91 Å². The van der Waals surface area contributed by atoms with Crippen LogP contribution in [0.5, 0.6) is 0 Å². The number of nitrogens with one attached hydrogen (secondary N) is 1. The van der Waals surface area contributed by atoms with Crippen LogP contribution in [0.15, 0.2) is 24.3 Å². The van der Waals surface area contributed by atoms with Gasteiger partial charge in [0.1, 0.15) is 6.54 Å². The van der Waals surface area contributed by atoms with Crippen molar-refractivity contribution in [1.29, 1.82) is 0 Å². The summed E-state index contributed by atoms with van der Waals surface area (Å²) in [5.74, 6) is -0.975. The second-order valence-electron chi connectivity index (χ2n) is 4.48. The number of fused-ring (bicyclic) bond motifs is 1. The number of halogens is 3. The SMILES string of the molecule is O=C(NCC(F)(F)F)C1CCCc2ccccc21. The molecule has 2 nitrogen and oxygen atoms in total. The highest BCUT2D eigenvalue weighted by Gasteiger charge is 2.31. The number of carbonyl (C=O) groups is 1. The quantitative estimate of drug-likeness (QED) is 0.867. The molecule has 0 fully saturated rings. The Morgan fingerprint density at radius 3 is 2.78 bits per heavy atom. The van der Waals surface area contributed by atoms with Crippen molar-refractivity contribution in [3.63, 3.8) is 0 Å². The minimum atomic E-state index is -4.36. The van der Waals surface area contributed by atoms with E-state index in [2.05, 4.69) is 0 Å². The second kappa shape index (κ2) is 5.00. The maximum Gasteiger partial charge on any atom is 0.405 e. The van der Waals surface area contributed by atoms with Crippen LogP contribution in [-0.4, -0.2) is 18.6 Å². The molecule has 1 amide bonds. The average Bonchev–Trinajstić information content (AvgIpc) is 2.34. The van der Waals surface area contributed by atoms with E-state index in [0.29, 0.717) is 6.42 Å². The van der Waals surface area contributed by atoms with Crippen LogP contribution in [0.2, 0.25) is 0 Å². The first-order valence-corrected chi connectivity index (χ1v) is 5.89. The monoisotopic (exact) mass is 257 g/mol. The molecule has 1 N–H and O–H groups in total. The summed E-state index contributed by atoms with van der Waals surface area (Å²) in [6, 6.07) is 7.45. The lowest BCUT2D eigenvalue weighted by atomic mass is 9.82. The van der Waals surface area contributed by atoms with E-state index in [-0.39, 0.29) is 0 Å². The first-order chi connectivity index (χ1) is 8.47. The van der Waals surface area contributed by atoms with Crippen LogP contribution in [0.25, 0.3) is 0 Å². The lowest BCUT2D eigenvalue weighted by Crippen LogP contribution is -2.37. The molecule has 0 saturated heterocycles. The molecule has 0 aromatic heterocycles. The van der Waals surface area contributed by atoms with E-state index in [1.54, 1.807) is 0 Å². The summed E-state index contributed by atoms with van der Waals surface area (Å²) in [5.41, 5.74) is 1.93. The van der Waals surface area contributed by atoms with E-state index in [9.17, 15) is 18.0 Å². The third-order valence-corrected chi connectivity index (χ3v) is 3.15. The Morgan fingerprint density at radius 1 is 1.33 bits per heavy atom. The maximum atomic E-state index is 12.1. The van der Waals surface area contributed by atoms with Crippen molar-refractivity contribution in [2.45, 2.75) is 31.4 Å². The summed E-state index contributed by atoms with van der Waals surface area (Å²) in [6.45, 7) is -1.26. The van der Waals surface area contributed by atoms with E-state index >= 15 is 0 Å². The zero-order valence-corrected chi connectivity index (χ0v) is 9.76. The molecule has 0 saturated carbocycles. The van der Waals surface area contributed by atoms with Crippen LogP contribution in [-0.2, 0) is 11.2 Å². The number of benzene rings is 1. The summed E-state index contributed by atoms with van der Waals surface area (Å²) < 4.78 is 36.2. The second-order valence-corrected chi connectivity index (χ2v) is 4.48. The molecule has 1 atom stereocenters. The summed E-state index contributed by atoms with van der Waals surface area (Å²) in [4.78, 5) is 11.8. The first-order valence-electron chi connectivity index (χ1n) is 5.89. The Hall–Kier alpha value is -1.52. The molecule has 0 heterocycles. The highest BCUT2D eigenvalue weighted by molar-refractivity contribution is 5.84. The lowest BCUT2D eigenvalue weighted by molar-refractivity contribution is -0.139. The van der Waals surface area contributed by atoms with Gasteiger partial charge < -0.3 is 5.32 Å². The predicted octanol–water partition coefficient (Wildman–Crippen LogP) is 2.79. The van der Waals surface area contributed by atoms with Crippen LogP contribution in [0.4, 0.5) is 13.2 Å². The number of carbonyl (C=O) groups excluding carboxylic acids is 1. The molecule has 0 spiro atoms. The van der Waals surface area contributed by atoms with Gasteiger partial charge in [-0.15, -0.1) is 0 Å². The Morgan fingerprint density at radius 2 is 2.06 bits per heavy atom. The highest BCUT2D eigenvalue weighted by Crippen LogP contribution is 2.31. The molecule has 1 aromatic carbocycles. The van der Waals surface area contributed by atoms with Gasteiger partial charge in [0.25, 0.3) is 0 Å². The Labute approximate surface area is 103 Å². The summed E-state index contributed by atoms with van der Waals surface area (Å²) in [7, 11) is 0. The van der Waals surface area contributed by atoms with E-state index in [4.69, 9.17) is 0 Å². The molecule has 1 aliphatic carbocycles. The van der Waals surface area contributed by atoms with Crippen LogP contribution < -0.4 is 5.32 Å². The van der Waals surface area contributed by atoms with E-state index in [1.165, 1.54) is 0 Å². The van der Waals surface area contributed by atoms with Crippen molar-refractivity contribution in [2.24, 2.45) is 0 Å². The molecule has 1 aromatic rings. The van der Waals surface area contributed by atoms with Crippen molar-refractivity contribution in [3.05, 3.63) is 35.4 Å². The molecule has 0 aliphatic heterocycles. The number of amides is 1. The molecular weight excluding hydrogens is 243 g/mol. The zero-order valence-electron chi connectivity index (χ0n) is 9.76. The Bertz CT molecular complexity index is 442. The summed E-state index contributed by atoms with van der Waals surface area (Å²) in [6.07, 6.45) is -2.02. The van der Waals surface area contributed by atoms with Gasteiger partial charge in [-0.05, 0) is 30.4 Å². The first kappa shape index (κ1) is 12.9. The van der Waals surface area contributed by atoms with Gasteiger partial charge in [-0.3, -0.25) is 4.79 Å². The molecular formula is C13H14F3NO. The fraction of sp³-hybridized carbons (Fsp3) is 0.462. The molecule has 18 heavy (non-hydrogen) atoms. The smallest absolute Gasteiger partial charge is 0.346 e. The normalized spacial score (nSPS) is 19.2.